The Kier molecular flexibility index (Phi) is 2.36. The fraction of sp³-hybridized carbons (Fsp3) is 0.400. The molecule has 0 saturated carbocycles. The van der Waals surface area contributed by atoms with Gasteiger partial charge in [0.15, 0.2) is 0 Å². The topological polar surface area (TPSA) is 24.1 Å². The monoisotopic (exact) mass is 194 g/mol. The highest BCUT2D eigenvalue weighted by atomic mass is 32.1. The molecule has 0 fully saturated rings. The van der Waals surface area contributed by atoms with Crippen molar-refractivity contribution >= 4 is 24.0 Å². The summed E-state index contributed by atoms with van der Waals surface area (Å²) in [5.74, 6) is 0.850. The minimum atomic E-state index is 0.415. The van der Waals surface area contributed by atoms with Crippen LogP contribution in [0.4, 0.5) is 11.4 Å². The fourth-order valence-electron chi connectivity index (χ4n) is 1.61. The van der Waals surface area contributed by atoms with Crippen LogP contribution < -0.4 is 10.6 Å². The molecule has 0 bridgehead atoms. The van der Waals surface area contributed by atoms with Gasteiger partial charge in [-0.3, -0.25) is 0 Å². The number of rotatable bonds is 1. The molecule has 2 N–H and O–H groups in total. The summed E-state index contributed by atoms with van der Waals surface area (Å²) in [6, 6.07) is 9.11. The van der Waals surface area contributed by atoms with Gasteiger partial charge in [0.1, 0.15) is 0 Å². The Morgan fingerprint density at radius 1 is 1.23 bits per heavy atom. The molecule has 1 aromatic rings. The lowest BCUT2D eigenvalue weighted by Crippen LogP contribution is -2.42. The van der Waals surface area contributed by atoms with Crippen molar-refractivity contribution in [2.45, 2.75) is 19.0 Å². The fourth-order valence-corrected chi connectivity index (χ4v) is 2.02. The van der Waals surface area contributed by atoms with Crippen LogP contribution in [0.2, 0.25) is 0 Å². The van der Waals surface area contributed by atoms with Gasteiger partial charge < -0.3 is 10.6 Å². The van der Waals surface area contributed by atoms with E-state index in [1.165, 1.54) is 11.4 Å². The zero-order chi connectivity index (χ0) is 9.26. The van der Waals surface area contributed by atoms with Gasteiger partial charge >= 0.3 is 0 Å². The second-order valence-electron chi connectivity index (χ2n) is 3.41. The Labute approximate surface area is 84.1 Å². The zero-order valence-electron chi connectivity index (χ0n) is 7.62. The quantitative estimate of drug-likeness (QED) is 0.597. The molecule has 70 valence electrons. The van der Waals surface area contributed by atoms with E-state index in [9.17, 15) is 0 Å². The van der Waals surface area contributed by atoms with Gasteiger partial charge in [0.2, 0.25) is 0 Å². The third kappa shape index (κ3) is 1.61. The van der Waals surface area contributed by atoms with Gasteiger partial charge in [-0.1, -0.05) is 12.1 Å². The molecule has 0 saturated heterocycles. The molecule has 2 unspecified atom stereocenters. The molecule has 0 aromatic heterocycles. The minimum Gasteiger partial charge on any atom is -0.379 e. The normalized spacial score (nSPS) is 25.7. The van der Waals surface area contributed by atoms with E-state index in [4.69, 9.17) is 0 Å². The molecule has 0 spiro atoms. The van der Waals surface area contributed by atoms with Crippen LogP contribution in [-0.4, -0.2) is 17.8 Å². The van der Waals surface area contributed by atoms with Crippen molar-refractivity contribution in [1.29, 1.82) is 0 Å². The van der Waals surface area contributed by atoms with Gasteiger partial charge in [-0.2, -0.15) is 12.6 Å². The molecule has 13 heavy (non-hydrogen) atoms. The van der Waals surface area contributed by atoms with Crippen molar-refractivity contribution < 1.29 is 0 Å². The number of anilines is 2. The smallest absolute Gasteiger partial charge is 0.0579 e. The van der Waals surface area contributed by atoms with Crippen molar-refractivity contribution in [1.82, 2.24) is 0 Å². The summed E-state index contributed by atoms with van der Waals surface area (Å²) in [5.41, 5.74) is 2.37. The molecule has 1 aliphatic heterocycles. The Balaban J connectivity index is 2.27. The van der Waals surface area contributed by atoms with Crippen molar-refractivity contribution in [2.24, 2.45) is 0 Å². The average Bonchev–Trinajstić information content (AvgIpc) is 2.17. The van der Waals surface area contributed by atoms with Gasteiger partial charge in [0.05, 0.1) is 17.4 Å². The first kappa shape index (κ1) is 8.75. The molecule has 0 radical (unpaired) electrons. The largest absolute Gasteiger partial charge is 0.379 e. The first-order chi connectivity index (χ1) is 6.31. The maximum Gasteiger partial charge on any atom is 0.0579 e. The van der Waals surface area contributed by atoms with Crippen molar-refractivity contribution in [3.63, 3.8) is 0 Å². The maximum atomic E-state index is 4.31. The van der Waals surface area contributed by atoms with Crippen LogP contribution in [0, 0.1) is 0 Å². The highest BCUT2D eigenvalue weighted by Crippen LogP contribution is 2.27. The van der Waals surface area contributed by atoms with Crippen molar-refractivity contribution in [2.75, 3.05) is 16.4 Å². The summed E-state index contributed by atoms with van der Waals surface area (Å²) in [6.07, 6.45) is 0. The molecule has 1 aromatic carbocycles. The molecule has 0 aliphatic carbocycles. The standard InChI is InChI=1S/C10H14N2S/c1-7-10(6-13)12-9-5-3-2-4-8(9)11-7/h2-5,7,10-13H,6H2,1H3. The highest BCUT2D eigenvalue weighted by molar-refractivity contribution is 7.80. The lowest BCUT2D eigenvalue weighted by Gasteiger charge is -2.33. The summed E-state index contributed by atoms with van der Waals surface area (Å²) in [7, 11) is 0. The Hall–Kier alpha value is -0.830. The van der Waals surface area contributed by atoms with E-state index >= 15 is 0 Å². The Bertz CT molecular complexity index is 301. The number of para-hydroxylation sites is 2. The van der Waals surface area contributed by atoms with Crippen LogP contribution in [0.25, 0.3) is 0 Å². The van der Waals surface area contributed by atoms with Crippen LogP contribution >= 0.6 is 12.6 Å². The summed E-state index contributed by atoms with van der Waals surface area (Å²) < 4.78 is 0. The van der Waals surface area contributed by atoms with E-state index in [1.54, 1.807) is 0 Å². The third-order valence-corrected chi connectivity index (χ3v) is 2.84. The molecule has 2 nitrogen and oxygen atoms in total. The lowest BCUT2D eigenvalue weighted by atomic mass is 10.1. The van der Waals surface area contributed by atoms with Crippen LogP contribution in [-0.2, 0) is 0 Å². The minimum absolute atomic E-state index is 0.415. The Morgan fingerprint density at radius 3 is 2.46 bits per heavy atom. The van der Waals surface area contributed by atoms with Gasteiger partial charge in [-0.15, -0.1) is 0 Å². The van der Waals surface area contributed by atoms with E-state index in [0.29, 0.717) is 12.1 Å². The Morgan fingerprint density at radius 2 is 1.85 bits per heavy atom. The van der Waals surface area contributed by atoms with E-state index in [0.717, 1.165) is 5.75 Å². The highest BCUT2D eigenvalue weighted by Gasteiger charge is 2.21. The van der Waals surface area contributed by atoms with Gasteiger partial charge in [-0.25, -0.2) is 0 Å². The number of thiol groups is 1. The maximum absolute atomic E-state index is 4.31. The molecule has 2 rings (SSSR count). The molecule has 3 heteroatoms. The number of benzene rings is 1. The summed E-state index contributed by atoms with van der Waals surface area (Å²) in [4.78, 5) is 0. The predicted molar refractivity (Wildman–Crippen MR) is 60.8 cm³/mol. The molecular weight excluding hydrogens is 180 g/mol. The van der Waals surface area contributed by atoms with Gasteiger partial charge in [-0.05, 0) is 19.1 Å². The molecule has 0 amide bonds. The second-order valence-corrected chi connectivity index (χ2v) is 3.78. The van der Waals surface area contributed by atoms with E-state index in [2.05, 4.69) is 42.3 Å². The number of hydrogen-bond acceptors (Lipinski definition) is 3. The van der Waals surface area contributed by atoms with Crippen LogP contribution in [0.15, 0.2) is 24.3 Å². The van der Waals surface area contributed by atoms with E-state index in [1.807, 2.05) is 12.1 Å². The van der Waals surface area contributed by atoms with Crippen LogP contribution in [0.3, 0.4) is 0 Å². The van der Waals surface area contributed by atoms with Gasteiger partial charge in [0.25, 0.3) is 0 Å². The lowest BCUT2D eigenvalue weighted by molar-refractivity contribution is 0.673. The van der Waals surface area contributed by atoms with Crippen LogP contribution in [0.5, 0.6) is 0 Å². The summed E-state index contributed by atoms with van der Waals surface area (Å²) in [6.45, 7) is 2.17. The van der Waals surface area contributed by atoms with Crippen LogP contribution in [0.1, 0.15) is 6.92 Å². The molecular formula is C10H14N2S. The van der Waals surface area contributed by atoms with Crippen molar-refractivity contribution in [3.8, 4) is 0 Å². The molecule has 1 heterocycles. The SMILES string of the molecule is CC1Nc2ccccc2NC1CS. The zero-order valence-corrected chi connectivity index (χ0v) is 8.51. The number of hydrogen-bond donors (Lipinski definition) is 3. The molecule has 1 aliphatic rings. The summed E-state index contributed by atoms with van der Waals surface area (Å²) in [5, 5.41) is 6.91. The van der Waals surface area contributed by atoms with E-state index < -0.39 is 0 Å². The predicted octanol–water partition coefficient (Wildman–Crippen LogP) is 2.21. The number of fused-ring (bicyclic) bond motifs is 1. The average molecular weight is 194 g/mol. The third-order valence-electron chi connectivity index (χ3n) is 2.45. The van der Waals surface area contributed by atoms with E-state index in [-0.39, 0.29) is 0 Å². The van der Waals surface area contributed by atoms with Gasteiger partial charge in [0, 0.05) is 11.8 Å². The second kappa shape index (κ2) is 3.50. The molecule has 2 atom stereocenters. The first-order valence-corrected chi connectivity index (χ1v) is 5.17. The first-order valence-electron chi connectivity index (χ1n) is 4.54. The van der Waals surface area contributed by atoms with Crippen molar-refractivity contribution in [3.05, 3.63) is 24.3 Å². The number of nitrogens with one attached hydrogen (secondary N) is 2. The summed E-state index contributed by atoms with van der Waals surface area (Å²) >= 11 is 4.31.